The Morgan fingerprint density at radius 3 is 2.54 bits per heavy atom. The second-order valence-corrected chi connectivity index (χ2v) is 5.67. The van der Waals surface area contributed by atoms with Crippen LogP contribution in [-0.2, 0) is 16.1 Å². The van der Waals surface area contributed by atoms with E-state index in [-0.39, 0.29) is 12.3 Å². The summed E-state index contributed by atoms with van der Waals surface area (Å²) in [7, 11) is 1.43. The highest BCUT2D eigenvalue weighted by Gasteiger charge is 2.35. The maximum atomic E-state index is 12.4. The lowest BCUT2D eigenvalue weighted by atomic mass is 10.1. The zero-order chi connectivity index (χ0) is 18.7. The zero-order valence-corrected chi connectivity index (χ0v) is 14.2. The minimum Gasteiger partial charge on any atom is -0.496 e. The summed E-state index contributed by atoms with van der Waals surface area (Å²) in [5.74, 6) is 0.785. The molecule has 8 heteroatoms. The number of nitro benzene ring substituents is 1. The highest BCUT2D eigenvalue weighted by atomic mass is 16.6. The van der Waals surface area contributed by atoms with Crippen LogP contribution in [0.5, 0.6) is 17.2 Å². The fraction of sp³-hybridized carbons (Fsp3) is 0.278. The van der Waals surface area contributed by atoms with Crippen molar-refractivity contribution in [1.29, 1.82) is 0 Å². The van der Waals surface area contributed by atoms with Crippen LogP contribution in [0.2, 0.25) is 0 Å². The highest BCUT2D eigenvalue weighted by molar-refractivity contribution is 5.76. The largest absolute Gasteiger partial charge is 0.496 e. The number of hydrogen-bond acceptors (Lipinski definition) is 7. The van der Waals surface area contributed by atoms with Crippen molar-refractivity contribution in [3.63, 3.8) is 0 Å². The van der Waals surface area contributed by atoms with Crippen molar-refractivity contribution < 1.29 is 28.7 Å². The van der Waals surface area contributed by atoms with E-state index in [2.05, 4.69) is 0 Å². The number of ether oxygens (including phenoxy) is 4. The summed E-state index contributed by atoms with van der Waals surface area (Å²) in [6, 6.07) is 11.1. The van der Waals surface area contributed by atoms with Gasteiger partial charge in [-0.3, -0.25) is 10.1 Å². The molecular formula is C18H17NO7. The number of carbonyl (C=O) groups excluding carboxylic acids is 1. The van der Waals surface area contributed by atoms with Gasteiger partial charge in [0, 0.05) is 17.7 Å². The first-order chi connectivity index (χ1) is 12.5. The van der Waals surface area contributed by atoms with Gasteiger partial charge in [0.2, 0.25) is 6.10 Å². The van der Waals surface area contributed by atoms with Gasteiger partial charge >= 0.3 is 5.97 Å². The Kier molecular flexibility index (Phi) is 4.92. The van der Waals surface area contributed by atoms with Gasteiger partial charge in [-0.1, -0.05) is 12.1 Å². The average molecular weight is 359 g/mol. The van der Waals surface area contributed by atoms with E-state index in [1.54, 1.807) is 25.1 Å². The normalized spacial score (nSPS) is 18.1. The van der Waals surface area contributed by atoms with E-state index < -0.39 is 23.1 Å². The minimum absolute atomic E-state index is 0.114. The van der Waals surface area contributed by atoms with Crippen molar-refractivity contribution in [2.75, 3.05) is 7.11 Å². The molecule has 136 valence electrons. The SMILES string of the molecule is COc1ccc([N+](=O)[O-])cc1COC(=O)C1Oc2ccccc2OC1C. The molecule has 1 aliphatic heterocycles. The van der Waals surface area contributed by atoms with Crippen molar-refractivity contribution in [2.45, 2.75) is 25.7 Å². The number of nitrogens with zero attached hydrogens (tertiary/aromatic N) is 1. The molecule has 1 aliphatic rings. The number of nitro groups is 1. The monoisotopic (exact) mass is 359 g/mol. The van der Waals surface area contributed by atoms with Gasteiger partial charge in [-0.25, -0.2) is 4.79 Å². The quantitative estimate of drug-likeness (QED) is 0.460. The molecule has 2 unspecified atom stereocenters. The summed E-state index contributed by atoms with van der Waals surface area (Å²) in [6.07, 6.45) is -1.47. The lowest BCUT2D eigenvalue weighted by molar-refractivity contribution is -0.385. The number of esters is 1. The number of rotatable bonds is 5. The second-order valence-electron chi connectivity index (χ2n) is 5.67. The van der Waals surface area contributed by atoms with E-state index in [1.807, 2.05) is 6.07 Å². The molecule has 2 aromatic rings. The van der Waals surface area contributed by atoms with Gasteiger partial charge < -0.3 is 18.9 Å². The van der Waals surface area contributed by atoms with Crippen LogP contribution in [0.15, 0.2) is 42.5 Å². The van der Waals surface area contributed by atoms with Crippen LogP contribution >= 0.6 is 0 Å². The summed E-state index contributed by atoms with van der Waals surface area (Å²) in [6.45, 7) is 1.52. The number of non-ortho nitro benzene ring substituents is 1. The summed E-state index contributed by atoms with van der Waals surface area (Å²) in [4.78, 5) is 22.8. The number of para-hydroxylation sites is 2. The Bertz CT molecular complexity index is 836. The van der Waals surface area contributed by atoms with E-state index in [1.165, 1.54) is 25.3 Å². The number of methoxy groups -OCH3 is 1. The van der Waals surface area contributed by atoms with Crippen LogP contribution < -0.4 is 14.2 Å². The van der Waals surface area contributed by atoms with Gasteiger partial charge in [0.25, 0.3) is 5.69 Å². The molecule has 8 nitrogen and oxygen atoms in total. The van der Waals surface area contributed by atoms with Crippen molar-refractivity contribution in [2.24, 2.45) is 0 Å². The van der Waals surface area contributed by atoms with E-state index in [9.17, 15) is 14.9 Å². The minimum atomic E-state index is -0.936. The first-order valence-corrected chi connectivity index (χ1v) is 7.90. The Balaban J connectivity index is 1.71. The number of carbonyl (C=O) groups is 1. The molecule has 0 amide bonds. The lowest BCUT2D eigenvalue weighted by Crippen LogP contribution is -2.44. The molecular weight excluding hydrogens is 342 g/mol. The first-order valence-electron chi connectivity index (χ1n) is 7.90. The van der Waals surface area contributed by atoms with Gasteiger partial charge in [0.15, 0.2) is 11.5 Å². The Morgan fingerprint density at radius 1 is 1.19 bits per heavy atom. The van der Waals surface area contributed by atoms with Gasteiger partial charge in [-0.05, 0) is 25.1 Å². The van der Waals surface area contributed by atoms with Crippen molar-refractivity contribution in [1.82, 2.24) is 0 Å². The number of hydrogen-bond donors (Lipinski definition) is 0. The van der Waals surface area contributed by atoms with Crippen LogP contribution in [0.4, 0.5) is 5.69 Å². The summed E-state index contributed by atoms with van der Waals surface area (Å²) < 4.78 is 21.8. The molecule has 0 fully saturated rings. The topological polar surface area (TPSA) is 97.1 Å². The average Bonchev–Trinajstić information content (AvgIpc) is 2.65. The molecule has 0 radical (unpaired) electrons. The van der Waals surface area contributed by atoms with Gasteiger partial charge in [0.05, 0.1) is 12.0 Å². The smallest absolute Gasteiger partial charge is 0.351 e. The molecule has 0 aromatic heterocycles. The third-order valence-electron chi connectivity index (χ3n) is 3.92. The Hall–Kier alpha value is -3.29. The summed E-state index contributed by atoms with van der Waals surface area (Å²) in [5, 5.41) is 10.9. The van der Waals surface area contributed by atoms with Gasteiger partial charge in [-0.15, -0.1) is 0 Å². The van der Waals surface area contributed by atoms with Crippen molar-refractivity contribution >= 4 is 11.7 Å². The Morgan fingerprint density at radius 2 is 1.88 bits per heavy atom. The van der Waals surface area contributed by atoms with Crippen LogP contribution in [0.3, 0.4) is 0 Å². The molecule has 0 N–H and O–H groups in total. The zero-order valence-electron chi connectivity index (χ0n) is 14.2. The van der Waals surface area contributed by atoms with Crippen molar-refractivity contribution in [3.8, 4) is 17.2 Å². The van der Waals surface area contributed by atoms with E-state index in [0.29, 0.717) is 22.8 Å². The predicted molar refractivity (Wildman–Crippen MR) is 90.4 cm³/mol. The van der Waals surface area contributed by atoms with Crippen LogP contribution in [0, 0.1) is 10.1 Å². The molecule has 0 saturated heterocycles. The predicted octanol–water partition coefficient (Wildman–Crippen LogP) is 2.88. The third-order valence-corrected chi connectivity index (χ3v) is 3.92. The van der Waals surface area contributed by atoms with Crippen LogP contribution in [-0.4, -0.2) is 30.2 Å². The van der Waals surface area contributed by atoms with E-state index >= 15 is 0 Å². The lowest BCUT2D eigenvalue weighted by Gasteiger charge is -2.30. The number of fused-ring (bicyclic) bond motifs is 1. The van der Waals surface area contributed by atoms with Gasteiger partial charge in [0.1, 0.15) is 18.5 Å². The van der Waals surface area contributed by atoms with Crippen molar-refractivity contribution in [3.05, 3.63) is 58.1 Å². The third kappa shape index (κ3) is 3.53. The summed E-state index contributed by atoms with van der Waals surface area (Å²) in [5.41, 5.74) is 0.274. The molecule has 2 atom stereocenters. The van der Waals surface area contributed by atoms with Crippen LogP contribution in [0.25, 0.3) is 0 Å². The van der Waals surface area contributed by atoms with Gasteiger partial charge in [-0.2, -0.15) is 0 Å². The van der Waals surface area contributed by atoms with Crippen LogP contribution in [0.1, 0.15) is 12.5 Å². The molecule has 0 bridgehead atoms. The molecule has 26 heavy (non-hydrogen) atoms. The molecule has 3 rings (SSSR count). The van der Waals surface area contributed by atoms with E-state index in [4.69, 9.17) is 18.9 Å². The molecule has 0 aliphatic carbocycles. The Labute approximate surface area is 149 Å². The highest BCUT2D eigenvalue weighted by Crippen LogP contribution is 2.34. The fourth-order valence-corrected chi connectivity index (χ4v) is 2.60. The standard InChI is InChI=1S/C18H17NO7/c1-11-17(26-16-6-4-3-5-15(16)25-11)18(20)24-10-12-9-13(19(21)22)7-8-14(12)23-2/h3-9,11,17H,10H2,1-2H3. The molecule has 2 aromatic carbocycles. The van der Waals surface area contributed by atoms with E-state index in [0.717, 1.165) is 0 Å². The maximum absolute atomic E-state index is 12.4. The molecule has 1 heterocycles. The molecule has 0 spiro atoms. The second kappa shape index (κ2) is 7.30. The summed E-state index contributed by atoms with van der Waals surface area (Å²) >= 11 is 0. The molecule has 0 saturated carbocycles. The first kappa shape index (κ1) is 17.5. The number of benzene rings is 2. The maximum Gasteiger partial charge on any atom is 0.351 e. The fourth-order valence-electron chi connectivity index (χ4n) is 2.60.